The zero-order valence-corrected chi connectivity index (χ0v) is 12.7. The van der Waals surface area contributed by atoms with Gasteiger partial charge in [0.05, 0.1) is 19.8 Å². The molecule has 5 nitrogen and oxygen atoms in total. The lowest BCUT2D eigenvalue weighted by Gasteiger charge is -2.25. The first kappa shape index (κ1) is 16.3. The molecular weight excluding hydrogens is 256 g/mol. The maximum absolute atomic E-state index is 12.6. The Labute approximate surface area is 120 Å². The Morgan fingerprint density at radius 3 is 2.55 bits per heavy atom. The molecule has 5 heteroatoms. The average molecular weight is 280 g/mol. The molecule has 0 spiro atoms. The fourth-order valence-corrected chi connectivity index (χ4v) is 2.03. The summed E-state index contributed by atoms with van der Waals surface area (Å²) < 4.78 is 10.5. The molecule has 1 amide bonds. The van der Waals surface area contributed by atoms with E-state index in [9.17, 15) is 4.79 Å². The van der Waals surface area contributed by atoms with E-state index >= 15 is 0 Å². The molecule has 2 N–H and O–H groups in total. The minimum atomic E-state index is -0.0662. The molecule has 1 rings (SSSR count). The van der Waals surface area contributed by atoms with Crippen molar-refractivity contribution in [3.05, 3.63) is 23.8 Å². The standard InChI is InChI=1S/C15H24N2O3/c1-5-17(10-11(2)9-16)15(18)12-7-6-8-13(19-3)14(12)20-4/h6-8,11H,5,9-10,16H2,1-4H3. The summed E-state index contributed by atoms with van der Waals surface area (Å²) in [5.41, 5.74) is 6.14. The number of para-hydroxylation sites is 1. The van der Waals surface area contributed by atoms with Crippen LogP contribution in [0.15, 0.2) is 18.2 Å². The number of amides is 1. The Balaban J connectivity index is 3.06. The number of ether oxygens (including phenoxy) is 2. The SMILES string of the molecule is CCN(CC(C)CN)C(=O)c1cccc(OC)c1OC. The van der Waals surface area contributed by atoms with Gasteiger partial charge in [0.1, 0.15) is 0 Å². The number of carbonyl (C=O) groups is 1. The van der Waals surface area contributed by atoms with Gasteiger partial charge < -0.3 is 20.1 Å². The number of methoxy groups -OCH3 is 2. The molecule has 0 fully saturated rings. The molecular formula is C15H24N2O3. The van der Waals surface area contributed by atoms with Gasteiger partial charge in [0, 0.05) is 13.1 Å². The summed E-state index contributed by atoms with van der Waals surface area (Å²) in [4.78, 5) is 14.4. The molecule has 0 aliphatic heterocycles. The first-order chi connectivity index (χ1) is 9.58. The minimum Gasteiger partial charge on any atom is -0.493 e. The Morgan fingerprint density at radius 1 is 1.35 bits per heavy atom. The second-order valence-corrected chi connectivity index (χ2v) is 4.73. The van der Waals surface area contributed by atoms with Crippen molar-refractivity contribution < 1.29 is 14.3 Å². The fraction of sp³-hybridized carbons (Fsp3) is 0.533. The van der Waals surface area contributed by atoms with E-state index in [2.05, 4.69) is 0 Å². The van der Waals surface area contributed by atoms with Crippen LogP contribution in [0.4, 0.5) is 0 Å². The molecule has 0 radical (unpaired) electrons. The van der Waals surface area contributed by atoms with E-state index < -0.39 is 0 Å². The minimum absolute atomic E-state index is 0.0662. The average Bonchev–Trinajstić information content (AvgIpc) is 2.50. The van der Waals surface area contributed by atoms with Crippen molar-refractivity contribution in [2.24, 2.45) is 11.7 Å². The normalized spacial score (nSPS) is 11.8. The third-order valence-electron chi connectivity index (χ3n) is 3.24. The van der Waals surface area contributed by atoms with E-state index in [0.717, 1.165) is 0 Å². The van der Waals surface area contributed by atoms with Gasteiger partial charge in [-0.1, -0.05) is 13.0 Å². The second kappa shape index (κ2) is 7.75. The number of benzene rings is 1. The Kier molecular flexibility index (Phi) is 6.31. The quantitative estimate of drug-likeness (QED) is 0.826. The van der Waals surface area contributed by atoms with Crippen LogP contribution in [0.25, 0.3) is 0 Å². The molecule has 0 aliphatic carbocycles. The molecule has 1 aromatic carbocycles. The van der Waals surface area contributed by atoms with Crippen LogP contribution in [0.1, 0.15) is 24.2 Å². The number of rotatable bonds is 7. The molecule has 1 aromatic rings. The first-order valence-corrected chi connectivity index (χ1v) is 6.79. The van der Waals surface area contributed by atoms with Gasteiger partial charge in [0.15, 0.2) is 11.5 Å². The van der Waals surface area contributed by atoms with Gasteiger partial charge in [-0.15, -0.1) is 0 Å². The summed E-state index contributed by atoms with van der Waals surface area (Å²) in [5.74, 6) is 1.22. The number of nitrogens with zero attached hydrogens (tertiary/aromatic N) is 1. The van der Waals surface area contributed by atoms with Crippen LogP contribution >= 0.6 is 0 Å². The highest BCUT2D eigenvalue weighted by molar-refractivity contribution is 5.97. The van der Waals surface area contributed by atoms with E-state index in [1.165, 1.54) is 7.11 Å². The number of hydrogen-bond donors (Lipinski definition) is 1. The topological polar surface area (TPSA) is 64.8 Å². The lowest BCUT2D eigenvalue weighted by Crippen LogP contribution is -2.36. The molecule has 0 aliphatic rings. The van der Waals surface area contributed by atoms with Gasteiger partial charge in [-0.3, -0.25) is 4.79 Å². The Hall–Kier alpha value is -1.75. The summed E-state index contributed by atoms with van der Waals surface area (Å²) in [7, 11) is 3.09. The third-order valence-corrected chi connectivity index (χ3v) is 3.24. The van der Waals surface area contributed by atoms with E-state index in [1.807, 2.05) is 13.8 Å². The third kappa shape index (κ3) is 3.63. The summed E-state index contributed by atoms with van der Waals surface area (Å²) >= 11 is 0. The largest absolute Gasteiger partial charge is 0.493 e. The highest BCUT2D eigenvalue weighted by Gasteiger charge is 2.21. The summed E-state index contributed by atoms with van der Waals surface area (Å²) in [6, 6.07) is 5.31. The molecule has 112 valence electrons. The van der Waals surface area contributed by atoms with Gasteiger partial charge in [-0.05, 0) is 31.5 Å². The van der Waals surface area contributed by atoms with Crippen LogP contribution < -0.4 is 15.2 Å². The highest BCUT2D eigenvalue weighted by atomic mass is 16.5. The Morgan fingerprint density at radius 2 is 2.05 bits per heavy atom. The summed E-state index contributed by atoms with van der Waals surface area (Å²) in [6.07, 6.45) is 0. The van der Waals surface area contributed by atoms with Gasteiger partial charge in [0.2, 0.25) is 0 Å². The number of nitrogens with two attached hydrogens (primary N) is 1. The molecule has 0 saturated heterocycles. The molecule has 0 saturated carbocycles. The fourth-order valence-electron chi connectivity index (χ4n) is 2.03. The molecule has 0 bridgehead atoms. The maximum atomic E-state index is 12.6. The van der Waals surface area contributed by atoms with E-state index in [0.29, 0.717) is 36.7 Å². The van der Waals surface area contributed by atoms with Crippen LogP contribution in [-0.2, 0) is 0 Å². The predicted molar refractivity (Wildman–Crippen MR) is 79.3 cm³/mol. The number of hydrogen-bond acceptors (Lipinski definition) is 4. The van der Waals surface area contributed by atoms with E-state index in [4.69, 9.17) is 15.2 Å². The smallest absolute Gasteiger partial charge is 0.257 e. The highest BCUT2D eigenvalue weighted by Crippen LogP contribution is 2.31. The summed E-state index contributed by atoms with van der Waals surface area (Å²) in [5, 5.41) is 0. The Bertz CT molecular complexity index is 449. The zero-order chi connectivity index (χ0) is 15.1. The van der Waals surface area contributed by atoms with Crippen LogP contribution in [0.3, 0.4) is 0 Å². The van der Waals surface area contributed by atoms with Crippen molar-refractivity contribution in [1.29, 1.82) is 0 Å². The van der Waals surface area contributed by atoms with Crippen molar-refractivity contribution >= 4 is 5.91 Å². The first-order valence-electron chi connectivity index (χ1n) is 6.79. The van der Waals surface area contributed by atoms with Crippen LogP contribution in [0.5, 0.6) is 11.5 Å². The molecule has 1 unspecified atom stereocenters. The summed E-state index contributed by atoms with van der Waals surface area (Å²) in [6.45, 7) is 5.79. The van der Waals surface area contributed by atoms with Crippen LogP contribution in [-0.4, -0.2) is 44.7 Å². The second-order valence-electron chi connectivity index (χ2n) is 4.73. The van der Waals surface area contributed by atoms with Gasteiger partial charge in [-0.2, -0.15) is 0 Å². The number of carbonyl (C=O) groups excluding carboxylic acids is 1. The van der Waals surface area contributed by atoms with Gasteiger partial charge >= 0.3 is 0 Å². The van der Waals surface area contributed by atoms with Crippen LogP contribution in [0, 0.1) is 5.92 Å². The van der Waals surface area contributed by atoms with Crippen molar-refractivity contribution in [3.63, 3.8) is 0 Å². The van der Waals surface area contributed by atoms with Gasteiger partial charge in [0.25, 0.3) is 5.91 Å². The monoisotopic (exact) mass is 280 g/mol. The van der Waals surface area contributed by atoms with Crippen molar-refractivity contribution in [1.82, 2.24) is 4.90 Å². The van der Waals surface area contributed by atoms with Crippen LogP contribution in [0.2, 0.25) is 0 Å². The molecule has 0 aromatic heterocycles. The van der Waals surface area contributed by atoms with E-state index in [1.54, 1.807) is 30.2 Å². The lowest BCUT2D eigenvalue weighted by molar-refractivity contribution is 0.0739. The molecule has 0 heterocycles. The van der Waals surface area contributed by atoms with Gasteiger partial charge in [-0.25, -0.2) is 0 Å². The van der Waals surface area contributed by atoms with Crippen molar-refractivity contribution in [2.45, 2.75) is 13.8 Å². The zero-order valence-electron chi connectivity index (χ0n) is 12.7. The predicted octanol–water partition coefficient (Wildman–Crippen LogP) is 1.76. The van der Waals surface area contributed by atoms with Crippen molar-refractivity contribution in [2.75, 3.05) is 33.9 Å². The molecule has 20 heavy (non-hydrogen) atoms. The van der Waals surface area contributed by atoms with Crippen molar-refractivity contribution in [3.8, 4) is 11.5 Å². The lowest BCUT2D eigenvalue weighted by atomic mass is 10.1. The molecule has 1 atom stereocenters. The van der Waals surface area contributed by atoms with E-state index in [-0.39, 0.29) is 11.8 Å². The maximum Gasteiger partial charge on any atom is 0.257 e.